The van der Waals surface area contributed by atoms with Gasteiger partial charge in [0.15, 0.2) is 0 Å². The molecule has 0 spiro atoms. The summed E-state index contributed by atoms with van der Waals surface area (Å²) in [5.41, 5.74) is 0.770. The highest BCUT2D eigenvalue weighted by Crippen LogP contribution is 2.35. The predicted octanol–water partition coefficient (Wildman–Crippen LogP) is 0.309. The van der Waals surface area contributed by atoms with E-state index in [-0.39, 0.29) is 18.2 Å². The number of aryl methyl sites for hydroxylation is 1. The normalized spacial score (nSPS) is 22.7. The van der Waals surface area contributed by atoms with Crippen LogP contribution in [0.2, 0.25) is 0 Å². The van der Waals surface area contributed by atoms with Gasteiger partial charge in [-0.3, -0.25) is 14.3 Å². The zero-order valence-corrected chi connectivity index (χ0v) is 13.5. The predicted molar refractivity (Wildman–Crippen MR) is 81.3 cm³/mol. The van der Waals surface area contributed by atoms with E-state index in [1.807, 2.05) is 0 Å². The molecule has 8 nitrogen and oxygen atoms in total. The quantitative estimate of drug-likeness (QED) is 0.812. The Balaban J connectivity index is 2.25. The molecule has 2 rings (SSSR count). The van der Waals surface area contributed by atoms with Gasteiger partial charge in [-0.2, -0.15) is 5.10 Å². The summed E-state index contributed by atoms with van der Waals surface area (Å²) in [7, 11) is 3.43. The monoisotopic (exact) mass is 322 g/mol. The van der Waals surface area contributed by atoms with Gasteiger partial charge >= 0.3 is 5.97 Å². The second kappa shape index (κ2) is 6.80. The van der Waals surface area contributed by atoms with Gasteiger partial charge in [0, 0.05) is 32.3 Å². The summed E-state index contributed by atoms with van der Waals surface area (Å²) in [6, 6.07) is -1.35. The van der Waals surface area contributed by atoms with Gasteiger partial charge in [0.25, 0.3) is 0 Å². The summed E-state index contributed by atoms with van der Waals surface area (Å²) in [6.45, 7) is 1.70. The van der Waals surface area contributed by atoms with Gasteiger partial charge in [0.1, 0.15) is 6.04 Å². The van der Waals surface area contributed by atoms with E-state index in [1.54, 1.807) is 43.0 Å². The van der Waals surface area contributed by atoms with Gasteiger partial charge in [0.05, 0.1) is 18.2 Å². The van der Waals surface area contributed by atoms with E-state index in [0.717, 1.165) is 5.56 Å². The van der Waals surface area contributed by atoms with Crippen molar-refractivity contribution in [2.24, 2.45) is 13.0 Å². The average Bonchev–Trinajstić information content (AvgIpc) is 2.92. The summed E-state index contributed by atoms with van der Waals surface area (Å²) < 4.78 is 1.61. The second-order valence-electron chi connectivity index (χ2n) is 5.85. The van der Waals surface area contributed by atoms with Crippen molar-refractivity contribution in [1.82, 2.24) is 20.0 Å². The number of aromatic nitrogens is 2. The van der Waals surface area contributed by atoms with Crippen molar-refractivity contribution in [2.75, 3.05) is 7.05 Å². The fraction of sp³-hybridized carbons (Fsp3) is 0.600. The van der Waals surface area contributed by atoms with Crippen molar-refractivity contribution in [3.05, 3.63) is 18.0 Å². The molecule has 1 saturated heterocycles. The molecule has 0 saturated carbocycles. The number of likely N-dealkylation sites (tertiary alicyclic amines) is 1. The number of carboxylic acids is 1. The molecule has 23 heavy (non-hydrogen) atoms. The van der Waals surface area contributed by atoms with E-state index in [1.165, 1.54) is 0 Å². The van der Waals surface area contributed by atoms with Crippen LogP contribution in [0.25, 0.3) is 0 Å². The van der Waals surface area contributed by atoms with Crippen LogP contribution in [-0.2, 0) is 21.4 Å². The van der Waals surface area contributed by atoms with Gasteiger partial charge < -0.3 is 15.3 Å². The smallest absolute Gasteiger partial charge is 0.326 e. The highest BCUT2D eigenvalue weighted by molar-refractivity contribution is 5.88. The first-order chi connectivity index (χ1) is 10.8. The Labute approximate surface area is 134 Å². The van der Waals surface area contributed by atoms with Crippen molar-refractivity contribution >= 4 is 17.8 Å². The van der Waals surface area contributed by atoms with Crippen LogP contribution in [-0.4, -0.2) is 50.7 Å². The minimum Gasteiger partial charge on any atom is -0.480 e. The minimum absolute atomic E-state index is 0.0341. The molecule has 2 N–H and O–H groups in total. The Morgan fingerprint density at radius 1 is 1.48 bits per heavy atom. The number of hydrogen-bond donors (Lipinski definition) is 2. The lowest BCUT2D eigenvalue weighted by molar-refractivity contribution is -0.146. The number of rotatable bonds is 5. The summed E-state index contributed by atoms with van der Waals surface area (Å²) >= 11 is 0. The Bertz CT molecular complexity index is 612. The topological polar surface area (TPSA) is 105 Å². The lowest BCUT2D eigenvalue weighted by Crippen LogP contribution is -2.49. The van der Waals surface area contributed by atoms with Crippen molar-refractivity contribution in [3.8, 4) is 0 Å². The summed E-state index contributed by atoms with van der Waals surface area (Å²) in [6.07, 6.45) is 4.38. The highest BCUT2D eigenvalue weighted by atomic mass is 16.4. The molecule has 1 fully saturated rings. The Hall–Kier alpha value is -2.38. The number of nitrogens with one attached hydrogen (secondary N) is 1. The molecular formula is C15H22N4O4. The number of nitrogens with zero attached hydrogens (tertiary/aromatic N) is 3. The third-order valence-corrected chi connectivity index (χ3v) is 4.29. The molecule has 0 radical (unpaired) electrons. The standard InChI is InChI=1S/C15H22N4O4/c1-4-11(15(22)23)17-14(21)10-5-6-12(20)19(3)13(10)9-7-16-18(2)8-9/h7-8,10-11,13H,4-6H2,1-3H3,(H,17,21)(H,22,23)/t10-,11+,13+/m1/s1. The van der Waals surface area contributed by atoms with Crippen LogP contribution < -0.4 is 5.32 Å². The van der Waals surface area contributed by atoms with Gasteiger partial charge in [-0.1, -0.05) is 6.92 Å². The fourth-order valence-electron chi connectivity index (χ4n) is 2.98. The van der Waals surface area contributed by atoms with Crippen LogP contribution in [0.4, 0.5) is 0 Å². The fourth-order valence-corrected chi connectivity index (χ4v) is 2.98. The van der Waals surface area contributed by atoms with Gasteiger partial charge in [-0.25, -0.2) is 4.79 Å². The number of piperidine rings is 1. The minimum atomic E-state index is -1.06. The van der Waals surface area contributed by atoms with Crippen LogP contribution in [0, 0.1) is 5.92 Å². The van der Waals surface area contributed by atoms with Crippen LogP contribution in [0.5, 0.6) is 0 Å². The van der Waals surface area contributed by atoms with Crippen molar-refractivity contribution in [2.45, 2.75) is 38.3 Å². The van der Waals surface area contributed by atoms with Gasteiger partial charge in [-0.15, -0.1) is 0 Å². The van der Waals surface area contributed by atoms with E-state index in [9.17, 15) is 14.4 Å². The van der Waals surface area contributed by atoms with Crippen molar-refractivity contribution < 1.29 is 19.5 Å². The number of carbonyl (C=O) groups excluding carboxylic acids is 2. The van der Waals surface area contributed by atoms with Crippen LogP contribution in [0.3, 0.4) is 0 Å². The maximum absolute atomic E-state index is 12.6. The first-order valence-corrected chi connectivity index (χ1v) is 7.62. The molecule has 1 aromatic heterocycles. The number of amides is 2. The maximum atomic E-state index is 12.6. The lowest BCUT2D eigenvalue weighted by atomic mass is 9.85. The molecule has 2 amide bonds. The number of aliphatic carboxylic acids is 1. The Morgan fingerprint density at radius 3 is 2.70 bits per heavy atom. The number of carboxylic acid groups (broad SMARTS) is 1. The molecule has 0 bridgehead atoms. The van der Waals surface area contributed by atoms with Crippen LogP contribution in [0.1, 0.15) is 37.8 Å². The zero-order chi connectivity index (χ0) is 17.1. The number of hydrogen-bond acceptors (Lipinski definition) is 4. The molecule has 0 aromatic carbocycles. The third kappa shape index (κ3) is 3.52. The largest absolute Gasteiger partial charge is 0.480 e. The first kappa shape index (κ1) is 17.0. The van der Waals surface area contributed by atoms with Gasteiger partial charge in [-0.05, 0) is 12.8 Å². The van der Waals surface area contributed by atoms with E-state index in [4.69, 9.17) is 5.11 Å². The molecule has 0 aliphatic carbocycles. The molecule has 8 heteroatoms. The first-order valence-electron chi connectivity index (χ1n) is 7.62. The zero-order valence-electron chi connectivity index (χ0n) is 13.5. The molecule has 1 aliphatic heterocycles. The number of carbonyl (C=O) groups is 3. The summed E-state index contributed by atoms with van der Waals surface area (Å²) in [5, 5.41) is 15.8. The van der Waals surface area contributed by atoms with E-state index in [0.29, 0.717) is 12.8 Å². The van der Waals surface area contributed by atoms with Crippen molar-refractivity contribution in [3.63, 3.8) is 0 Å². The van der Waals surface area contributed by atoms with E-state index < -0.39 is 24.0 Å². The molecule has 2 heterocycles. The Kier molecular flexibility index (Phi) is 5.02. The average molecular weight is 322 g/mol. The van der Waals surface area contributed by atoms with Crippen molar-refractivity contribution in [1.29, 1.82) is 0 Å². The molecule has 1 aliphatic rings. The SMILES string of the molecule is CC[C@H](NC(=O)[C@@H]1CCC(=O)N(C)[C@H]1c1cnn(C)c1)C(=O)O. The third-order valence-electron chi connectivity index (χ3n) is 4.29. The second-order valence-corrected chi connectivity index (χ2v) is 5.85. The maximum Gasteiger partial charge on any atom is 0.326 e. The molecule has 3 atom stereocenters. The Morgan fingerprint density at radius 2 is 2.17 bits per heavy atom. The van der Waals surface area contributed by atoms with Crippen LogP contribution in [0.15, 0.2) is 12.4 Å². The molecule has 1 aromatic rings. The molecule has 126 valence electrons. The van der Waals surface area contributed by atoms with E-state index >= 15 is 0 Å². The lowest BCUT2D eigenvalue weighted by Gasteiger charge is -2.38. The molecular weight excluding hydrogens is 300 g/mol. The van der Waals surface area contributed by atoms with E-state index in [2.05, 4.69) is 10.4 Å². The molecule has 0 unspecified atom stereocenters. The summed E-state index contributed by atoms with van der Waals surface area (Å²) in [4.78, 5) is 37.3. The van der Waals surface area contributed by atoms with Gasteiger partial charge in [0.2, 0.25) is 11.8 Å². The highest BCUT2D eigenvalue weighted by Gasteiger charge is 2.40. The van der Waals surface area contributed by atoms with Crippen LogP contribution >= 0.6 is 0 Å². The summed E-state index contributed by atoms with van der Waals surface area (Å²) in [5.74, 6) is -1.92.